The number of carbonyl (C=O) groups is 1. The maximum atomic E-state index is 10.7. The second kappa shape index (κ2) is 4.58. The third-order valence-electron chi connectivity index (χ3n) is 2.03. The van der Waals surface area contributed by atoms with Crippen molar-refractivity contribution in [3.05, 3.63) is 0 Å². The van der Waals surface area contributed by atoms with Crippen molar-refractivity contribution in [1.29, 1.82) is 0 Å². The van der Waals surface area contributed by atoms with Crippen molar-refractivity contribution in [3.8, 4) is 0 Å². The molecule has 0 rings (SSSR count). The summed E-state index contributed by atoms with van der Waals surface area (Å²) in [6, 6.07) is 0. The Morgan fingerprint density at radius 2 is 1.77 bits per heavy atom. The first-order valence-electron chi connectivity index (χ1n) is 4.25. The molecule has 0 fully saturated rings. The van der Waals surface area contributed by atoms with E-state index in [2.05, 4.69) is 0 Å². The summed E-state index contributed by atoms with van der Waals surface area (Å²) in [4.78, 5) is 10.7. The number of rotatable bonds is 5. The fourth-order valence-electron chi connectivity index (χ4n) is 0.803. The monoisotopic (exact) mass is 190 g/mol. The lowest BCUT2D eigenvalue weighted by atomic mass is 10.1. The van der Waals surface area contributed by atoms with Gasteiger partial charge in [-0.2, -0.15) is 0 Å². The van der Waals surface area contributed by atoms with E-state index >= 15 is 0 Å². The van der Waals surface area contributed by atoms with Gasteiger partial charge in [0.1, 0.15) is 0 Å². The molecule has 0 aliphatic carbocycles. The van der Waals surface area contributed by atoms with E-state index in [-0.39, 0.29) is 12.2 Å². The van der Waals surface area contributed by atoms with Crippen LogP contribution in [0.4, 0.5) is 0 Å². The van der Waals surface area contributed by atoms with Gasteiger partial charge in [0.05, 0.1) is 12.2 Å². The molecule has 0 saturated heterocycles. The third-order valence-corrected chi connectivity index (χ3v) is 2.03. The molecule has 2 unspecified atom stereocenters. The van der Waals surface area contributed by atoms with Crippen LogP contribution in [-0.2, 0) is 14.3 Å². The zero-order valence-electron chi connectivity index (χ0n) is 8.83. The predicted octanol–water partition coefficient (Wildman–Crippen LogP) is 1.29. The van der Waals surface area contributed by atoms with Gasteiger partial charge in [-0.1, -0.05) is 0 Å². The highest BCUT2D eigenvalue weighted by Gasteiger charge is 2.31. The van der Waals surface area contributed by atoms with Gasteiger partial charge >= 0.3 is 5.97 Å². The Bertz CT molecular complexity index is 176. The summed E-state index contributed by atoms with van der Waals surface area (Å²) in [5, 5.41) is 8.78. The molecule has 13 heavy (non-hydrogen) atoms. The fraction of sp³-hybridized carbons (Fsp3) is 0.889. The molecule has 0 heterocycles. The van der Waals surface area contributed by atoms with Gasteiger partial charge in [-0.3, -0.25) is 0 Å². The minimum Gasteiger partial charge on any atom is -0.479 e. The van der Waals surface area contributed by atoms with Crippen molar-refractivity contribution in [1.82, 2.24) is 0 Å². The Hall–Kier alpha value is -0.610. The van der Waals surface area contributed by atoms with Crippen LogP contribution in [0.15, 0.2) is 0 Å². The molecule has 4 heteroatoms. The van der Waals surface area contributed by atoms with Crippen LogP contribution in [0, 0.1) is 0 Å². The zero-order valence-corrected chi connectivity index (χ0v) is 8.83. The van der Waals surface area contributed by atoms with E-state index in [9.17, 15) is 4.79 Å². The first-order valence-corrected chi connectivity index (χ1v) is 4.25. The van der Waals surface area contributed by atoms with Gasteiger partial charge in [0.25, 0.3) is 0 Å². The van der Waals surface area contributed by atoms with Crippen LogP contribution in [0.2, 0.25) is 0 Å². The van der Waals surface area contributed by atoms with Gasteiger partial charge in [0.2, 0.25) is 0 Å². The van der Waals surface area contributed by atoms with E-state index in [0.29, 0.717) is 0 Å². The molecule has 0 aliphatic heterocycles. The van der Waals surface area contributed by atoms with E-state index < -0.39 is 11.6 Å². The Labute approximate surface area is 78.8 Å². The molecule has 0 bridgehead atoms. The molecule has 1 N–H and O–H groups in total. The molecular weight excluding hydrogens is 172 g/mol. The van der Waals surface area contributed by atoms with Crippen molar-refractivity contribution < 1.29 is 19.4 Å². The number of carboxylic acid groups (broad SMARTS) is 1. The molecule has 0 spiro atoms. The van der Waals surface area contributed by atoms with Crippen molar-refractivity contribution in [2.75, 3.05) is 7.11 Å². The van der Waals surface area contributed by atoms with Crippen LogP contribution in [0.3, 0.4) is 0 Å². The summed E-state index contributed by atoms with van der Waals surface area (Å²) in [6.45, 7) is 6.67. The molecule has 0 saturated carbocycles. The molecule has 78 valence electrons. The lowest BCUT2D eigenvalue weighted by Gasteiger charge is -2.27. The normalized spacial score (nSPS) is 16.7. The highest BCUT2D eigenvalue weighted by atomic mass is 16.6. The average molecular weight is 190 g/mol. The Morgan fingerprint density at radius 3 is 2.08 bits per heavy atom. The Morgan fingerprint density at radius 1 is 1.31 bits per heavy atom. The van der Waals surface area contributed by atoms with Crippen LogP contribution >= 0.6 is 0 Å². The van der Waals surface area contributed by atoms with Crippen molar-refractivity contribution >= 4 is 5.97 Å². The first-order chi connectivity index (χ1) is 5.81. The summed E-state index contributed by atoms with van der Waals surface area (Å²) in [5.74, 6) is -0.970. The van der Waals surface area contributed by atoms with Gasteiger partial charge in [-0.15, -0.1) is 0 Å². The SMILES string of the molecule is COC(C)C(C)OC(C)(C)C(=O)O. The summed E-state index contributed by atoms with van der Waals surface area (Å²) in [7, 11) is 1.57. The highest BCUT2D eigenvalue weighted by molar-refractivity contribution is 5.76. The maximum Gasteiger partial charge on any atom is 0.335 e. The number of aliphatic carboxylic acids is 1. The van der Waals surface area contributed by atoms with Gasteiger partial charge in [-0.05, 0) is 27.7 Å². The van der Waals surface area contributed by atoms with Gasteiger partial charge in [0, 0.05) is 7.11 Å². The van der Waals surface area contributed by atoms with E-state index in [0.717, 1.165) is 0 Å². The smallest absolute Gasteiger partial charge is 0.335 e. The van der Waals surface area contributed by atoms with Crippen LogP contribution in [0.25, 0.3) is 0 Å². The second-order valence-corrected chi connectivity index (χ2v) is 3.58. The lowest BCUT2D eigenvalue weighted by molar-refractivity contribution is -0.174. The maximum absolute atomic E-state index is 10.7. The highest BCUT2D eigenvalue weighted by Crippen LogP contribution is 2.15. The first kappa shape index (κ1) is 12.4. The molecule has 0 aromatic rings. The minimum atomic E-state index is -1.16. The summed E-state index contributed by atoms with van der Waals surface area (Å²) >= 11 is 0. The summed E-state index contributed by atoms with van der Waals surface area (Å²) in [6.07, 6.45) is -0.352. The van der Waals surface area contributed by atoms with E-state index in [4.69, 9.17) is 14.6 Å². The van der Waals surface area contributed by atoms with E-state index in [1.54, 1.807) is 14.0 Å². The number of methoxy groups -OCH3 is 1. The fourth-order valence-corrected chi connectivity index (χ4v) is 0.803. The standard InChI is InChI=1S/C9H18O4/c1-6(12-5)7(2)13-9(3,4)8(10)11/h6-7H,1-5H3,(H,10,11). The Kier molecular flexibility index (Phi) is 4.36. The number of ether oxygens (including phenoxy) is 2. The van der Waals surface area contributed by atoms with Crippen molar-refractivity contribution in [2.45, 2.75) is 45.5 Å². The number of hydrogen-bond donors (Lipinski definition) is 1. The predicted molar refractivity (Wildman–Crippen MR) is 48.7 cm³/mol. The topological polar surface area (TPSA) is 55.8 Å². The van der Waals surface area contributed by atoms with E-state index in [1.807, 2.05) is 6.92 Å². The molecule has 2 atom stereocenters. The molecule has 0 aromatic carbocycles. The molecule has 4 nitrogen and oxygen atoms in total. The van der Waals surface area contributed by atoms with Crippen LogP contribution in [0.1, 0.15) is 27.7 Å². The molecule has 0 radical (unpaired) electrons. The van der Waals surface area contributed by atoms with Crippen LogP contribution in [0.5, 0.6) is 0 Å². The van der Waals surface area contributed by atoms with Crippen LogP contribution < -0.4 is 0 Å². The van der Waals surface area contributed by atoms with Crippen molar-refractivity contribution in [2.24, 2.45) is 0 Å². The largest absolute Gasteiger partial charge is 0.479 e. The summed E-state index contributed by atoms with van der Waals surface area (Å²) in [5.41, 5.74) is -1.16. The average Bonchev–Trinajstić information content (AvgIpc) is 2.01. The number of hydrogen-bond acceptors (Lipinski definition) is 3. The van der Waals surface area contributed by atoms with Gasteiger partial charge < -0.3 is 14.6 Å². The van der Waals surface area contributed by atoms with Gasteiger partial charge in [-0.25, -0.2) is 4.79 Å². The molecule has 0 aliphatic rings. The second-order valence-electron chi connectivity index (χ2n) is 3.58. The quantitative estimate of drug-likeness (QED) is 0.709. The summed E-state index contributed by atoms with van der Waals surface area (Å²) < 4.78 is 10.3. The number of carboxylic acids is 1. The molecule has 0 aromatic heterocycles. The van der Waals surface area contributed by atoms with Crippen LogP contribution in [-0.4, -0.2) is 36.0 Å². The van der Waals surface area contributed by atoms with Crippen molar-refractivity contribution in [3.63, 3.8) is 0 Å². The molecule has 0 amide bonds. The zero-order chi connectivity index (χ0) is 10.6. The Balaban J connectivity index is 4.19. The van der Waals surface area contributed by atoms with Gasteiger partial charge in [0.15, 0.2) is 5.60 Å². The third kappa shape index (κ3) is 3.74. The lowest BCUT2D eigenvalue weighted by Crippen LogP contribution is -2.41. The van der Waals surface area contributed by atoms with E-state index in [1.165, 1.54) is 13.8 Å². The molecular formula is C9H18O4. The minimum absolute atomic E-state index is 0.112.